The Labute approximate surface area is 154 Å². The number of para-hydroxylation sites is 1. The van der Waals surface area contributed by atoms with Gasteiger partial charge in [0.1, 0.15) is 0 Å². The molecule has 0 aliphatic heterocycles. The highest BCUT2D eigenvalue weighted by Gasteiger charge is 2.11. The van der Waals surface area contributed by atoms with Crippen LogP contribution < -0.4 is 10.6 Å². The topological polar surface area (TPSA) is 128 Å². The van der Waals surface area contributed by atoms with E-state index in [2.05, 4.69) is 10.6 Å². The summed E-state index contributed by atoms with van der Waals surface area (Å²) in [6, 6.07) is 13.8. The Balaban J connectivity index is 1.67. The van der Waals surface area contributed by atoms with Gasteiger partial charge in [-0.25, -0.2) is 0 Å². The number of rotatable bonds is 8. The first-order chi connectivity index (χ1) is 13.0. The van der Waals surface area contributed by atoms with Gasteiger partial charge in [-0.1, -0.05) is 18.2 Å². The highest BCUT2D eigenvalue weighted by Crippen LogP contribution is 2.11. The quantitative estimate of drug-likeness (QED) is 0.414. The van der Waals surface area contributed by atoms with Gasteiger partial charge in [0.2, 0.25) is 0 Å². The van der Waals surface area contributed by atoms with Gasteiger partial charge in [-0.3, -0.25) is 24.5 Å². The largest absolute Gasteiger partial charge is 0.456 e. The van der Waals surface area contributed by atoms with Crippen LogP contribution in [0, 0.1) is 10.1 Å². The van der Waals surface area contributed by atoms with Crippen LogP contribution in [0.4, 0.5) is 11.4 Å². The summed E-state index contributed by atoms with van der Waals surface area (Å²) >= 11 is 0. The van der Waals surface area contributed by atoms with E-state index in [9.17, 15) is 24.5 Å². The van der Waals surface area contributed by atoms with Crippen molar-refractivity contribution in [1.82, 2.24) is 5.32 Å². The smallest absolute Gasteiger partial charge is 0.308 e. The van der Waals surface area contributed by atoms with Crippen molar-refractivity contribution in [3.05, 3.63) is 70.3 Å². The zero-order valence-electron chi connectivity index (χ0n) is 14.2. The average molecular weight is 371 g/mol. The van der Waals surface area contributed by atoms with Gasteiger partial charge >= 0.3 is 5.97 Å². The van der Waals surface area contributed by atoms with Crippen LogP contribution in [-0.2, 0) is 14.3 Å². The minimum Gasteiger partial charge on any atom is -0.456 e. The van der Waals surface area contributed by atoms with E-state index in [1.165, 1.54) is 24.3 Å². The van der Waals surface area contributed by atoms with Crippen molar-refractivity contribution >= 4 is 29.2 Å². The lowest BCUT2D eigenvalue weighted by Gasteiger charge is -2.07. The number of non-ortho nitro benzene ring substituents is 1. The molecule has 0 unspecified atom stereocenters. The van der Waals surface area contributed by atoms with Crippen LogP contribution >= 0.6 is 0 Å². The van der Waals surface area contributed by atoms with E-state index in [0.717, 1.165) is 0 Å². The molecule has 0 aromatic heterocycles. The number of nitrogens with zero attached hydrogens (tertiary/aromatic N) is 1. The number of carbonyl (C=O) groups is 3. The van der Waals surface area contributed by atoms with Crippen LogP contribution in [0.15, 0.2) is 54.6 Å². The standard InChI is InChI=1S/C18H17N3O6/c22-16(20-14-4-2-1-3-5-14)12-27-17(23)10-11-19-18(24)13-6-8-15(9-7-13)21(25)26/h1-9H,10-12H2,(H,19,24)(H,20,22). The van der Waals surface area contributed by atoms with Crippen molar-refractivity contribution in [3.63, 3.8) is 0 Å². The average Bonchev–Trinajstić information content (AvgIpc) is 2.67. The summed E-state index contributed by atoms with van der Waals surface area (Å²) in [6.45, 7) is -0.418. The van der Waals surface area contributed by atoms with Crippen molar-refractivity contribution in [2.24, 2.45) is 0 Å². The first-order valence-electron chi connectivity index (χ1n) is 7.99. The molecule has 0 radical (unpaired) electrons. The van der Waals surface area contributed by atoms with E-state index < -0.39 is 29.3 Å². The van der Waals surface area contributed by atoms with Gasteiger partial charge in [0.05, 0.1) is 11.3 Å². The zero-order valence-corrected chi connectivity index (χ0v) is 14.2. The minimum absolute atomic E-state index is 0.00889. The van der Waals surface area contributed by atoms with E-state index in [0.29, 0.717) is 5.69 Å². The number of nitro groups is 1. The lowest BCUT2D eigenvalue weighted by molar-refractivity contribution is -0.384. The Morgan fingerprint density at radius 2 is 1.67 bits per heavy atom. The van der Waals surface area contributed by atoms with Crippen LogP contribution in [0.5, 0.6) is 0 Å². The van der Waals surface area contributed by atoms with E-state index in [1.54, 1.807) is 30.3 Å². The van der Waals surface area contributed by atoms with Gasteiger partial charge in [0.15, 0.2) is 6.61 Å². The van der Waals surface area contributed by atoms with Gasteiger partial charge < -0.3 is 15.4 Å². The SMILES string of the molecule is O=C(COC(=O)CCNC(=O)c1ccc([N+](=O)[O-])cc1)Nc1ccccc1. The number of hydrogen-bond acceptors (Lipinski definition) is 6. The maximum Gasteiger partial charge on any atom is 0.308 e. The van der Waals surface area contributed by atoms with E-state index in [-0.39, 0.29) is 24.2 Å². The summed E-state index contributed by atoms with van der Waals surface area (Å²) in [6.07, 6.45) is -0.114. The molecule has 2 rings (SSSR count). The molecule has 0 saturated carbocycles. The summed E-state index contributed by atoms with van der Waals surface area (Å²) < 4.78 is 4.83. The van der Waals surface area contributed by atoms with Crippen molar-refractivity contribution in [2.75, 3.05) is 18.5 Å². The molecular weight excluding hydrogens is 354 g/mol. The third-order valence-corrected chi connectivity index (χ3v) is 3.38. The molecule has 2 aromatic rings. The molecule has 2 aromatic carbocycles. The molecule has 0 spiro atoms. The number of esters is 1. The first-order valence-corrected chi connectivity index (χ1v) is 7.99. The molecule has 0 aliphatic carbocycles. The predicted octanol–water partition coefficient (Wildman–Crippen LogP) is 1.90. The Bertz CT molecular complexity index is 821. The maximum absolute atomic E-state index is 11.9. The molecule has 0 heterocycles. The monoisotopic (exact) mass is 371 g/mol. The Morgan fingerprint density at radius 3 is 2.30 bits per heavy atom. The molecule has 2 amide bonds. The number of nitro benzene ring substituents is 1. The second kappa shape index (κ2) is 9.66. The van der Waals surface area contributed by atoms with Crippen LogP contribution in [0.1, 0.15) is 16.8 Å². The summed E-state index contributed by atoms with van der Waals surface area (Å²) in [5.41, 5.74) is 0.703. The molecule has 0 saturated heterocycles. The van der Waals surface area contributed by atoms with Crippen molar-refractivity contribution < 1.29 is 24.0 Å². The lowest BCUT2D eigenvalue weighted by atomic mass is 10.2. The molecular formula is C18H17N3O6. The summed E-state index contributed by atoms with van der Waals surface area (Å²) in [5.74, 6) is -1.58. The highest BCUT2D eigenvalue weighted by molar-refractivity contribution is 5.95. The summed E-state index contributed by atoms with van der Waals surface area (Å²) in [5, 5.41) is 15.6. The molecule has 27 heavy (non-hydrogen) atoms. The zero-order chi connectivity index (χ0) is 19.6. The molecule has 0 aliphatic rings. The van der Waals surface area contributed by atoms with Crippen molar-refractivity contribution in [1.29, 1.82) is 0 Å². The van der Waals surface area contributed by atoms with E-state index in [1.807, 2.05) is 0 Å². The Hall–Kier alpha value is -3.75. The molecule has 0 atom stereocenters. The second-order valence-electron chi connectivity index (χ2n) is 5.38. The van der Waals surface area contributed by atoms with Crippen LogP contribution in [0.3, 0.4) is 0 Å². The number of amides is 2. The third-order valence-electron chi connectivity index (χ3n) is 3.38. The molecule has 9 nitrogen and oxygen atoms in total. The van der Waals surface area contributed by atoms with Crippen molar-refractivity contribution in [2.45, 2.75) is 6.42 Å². The van der Waals surface area contributed by atoms with Crippen molar-refractivity contribution in [3.8, 4) is 0 Å². The van der Waals surface area contributed by atoms with Gasteiger partial charge in [0, 0.05) is 29.9 Å². The second-order valence-corrected chi connectivity index (χ2v) is 5.38. The minimum atomic E-state index is -0.637. The molecule has 140 valence electrons. The van der Waals surface area contributed by atoms with E-state index in [4.69, 9.17) is 4.74 Å². The molecule has 2 N–H and O–H groups in total. The number of hydrogen-bond donors (Lipinski definition) is 2. The number of ether oxygens (including phenoxy) is 1. The number of nitrogens with one attached hydrogen (secondary N) is 2. The van der Waals surface area contributed by atoms with Crippen LogP contribution in [0.2, 0.25) is 0 Å². The van der Waals surface area contributed by atoms with Gasteiger partial charge in [-0.15, -0.1) is 0 Å². The van der Waals surface area contributed by atoms with Crippen LogP contribution in [0.25, 0.3) is 0 Å². The van der Waals surface area contributed by atoms with Crippen LogP contribution in [-0.4, -0.2) is 35.9 Å². The normalized spacial score (nSPS) is 9.93. The lowest BCUT2D eigenvalue weighted by Crippen LogP contribution is -2.27. The Kier molecular flexibility index (Phi) is 7.00. The predicted molar refractivity (Wildman–Crippen MR) is 96.1 cm³/mol. The summed E-state index contributed by atoms with van der Waals surface area (Å²) in [7, 11) is 0. The van der Waals surface area contributed by atoms with E-state index >= 15 is 0 Å². The molecule has 0 bridgehead atoms. The number of benzene rings is 2. The maximum atomic E-state index is 11.9. The first kappa shape index (κ1) is 19.6. The third kappa shape index (κ3) is 6.58. The summed E-state index contributed by atoms with van der Waals surface area (Å²) in [4.78, 5) is 45.1. The highest BCUT2D eigenvalue weighted by atomic mass is 16.6. The fourth-order valence-electron chi connectivity index (χ4n) is 2.05. The molecule has 0 fully saturated rings. The fraction of sp³-hybridized carbons (Fsp3) is 0.167. The fourth-order valence-corrected chi connectivity index (χ4v) is 2.05. The van der Waals surface area contributed by atoms with Gasteiger partial charge in [-0.05, 0) is 24.3 Å². The van der Waals surface area contributed by atoms with Gasteiger partial charge in [-0.2, -0.15) is 0 Å². The number of anilines is 1. The number of carbonyl (C=O) groups excluding carboxylic acids is 3. The van der Waals surface area contributed by atoms with Gasteiger partial charge in [0.25, 0.3) is 17.5 Å². The Morgan fingerprint density at radius 1 is 1.00 bits per heavy atom. The molecule has 9 heteroatoms.